The number of allylic oxidation sites excluding steroid dienone is 1. The minimum absolute atomic E-state index is 0.0127. The van der Waals surface area contributed by atoms with Crippen molar-refractivity contribution >= 4 is 5.97 Å². The van der Waals surface area contributed by atoms with Crippen molar-refractivity contribution in [2.24, 2.45) is 23.2 Å². The molecule has 4 unspecified atom stereocenters. The van der Waals surface area contributed by atoms with Crippen molar-refractivity contribution < 1.29 is 27.8 Å². The fourth-order valence-electron chi connectivity index (χ4n) is 5.67. The lowest BCUT2D eigenvalue weighted by Gasteiger charge is -2.56. The first kappa shape index (κ1) is 21.4. The summed E-state index contributed by atoms with van der Waals surface area (Å²) in [4.78, 5) is 12.1. The number of hydrogen-bond acceptors (Lipinski definition) is 4. The second-order valence-corrected chi connectivity index (χ2v) is 8.87. The quantitative estimate of drug-likeness (QED) is 0.544. The van der Waals surface area contributed by atoms with Gasteiger partial charge in [-0.3, -0.25) is 0 Å². The van der Waals surface area contributed by atoms with Crippen LogP contribution in [0.1, 0.15) is 46.0 Å². The SMILES string of the molecule is C=C1CCC2[C@@H](C)C(O)CC[C@]2(C)C1CC(NCC(F)(F)F)C1=CCOC1=O. The average Bonchev–Trinajstić information content (AvgIpc) is 3.03. The monoisotopic (exact) mass is 401 g/mol. The predicted octanol–water partition coefficient (Wildman–Crippen LogP) is 3.76. The maximum atomic E-state index is 12.9. The number of rotatable bonds is 5. The van der Waals surface area contributed by atoms with Crippen LogP contribution in [0.4, 0.5) is 13.2 Å². The topological polar surface area (TPSA) is 58.6 Å². The molecule has 0 aromatic heterocycles. The number of nitrogens with one attached hydrogen (secondary N) is 1. The molecule has 4 nitrogen and oxygen atoms in total. The molecular weight excluding hydrogens is 371 g/mol. The van der Waals surface area contributed by atoms with Crippen LogP contribution in [0.5, 0.6) is 0 Å². The van der Waals surface area contributed by atoms with Gasteiger partial charge in [-0.15, -0.1) is 0 Å². The molecule has 2 fully saturated rings. The zero-order valence-corrected chi connectivity index (χ0v) is 16.5. The van der Waals surface area contributed by atoms with Crippen LogP contribution >= 0.6 is 0 Å². The van der Waals surface area contributed by atoms with Crippen LogP contribution < -0.4 is 5.32 Å². The Labute approximate surface area is 164 Å². The summed E-state index contributed by atoms with van der Waals surface area (Å²) in [7, 11) is 0. The molecule has 0 saturated heterocycles. The van der Waals surface area contributed by atoms with Gasteiger partial charge in [0.05, 0.1) is 18.2 Å². The van der Waals surface area contributed by atoms with E-state index >= 15 is 0 Å². The van der Waals surface area contributed by atoms with Crippen molar-refractivity contribution in [3.63, 3.8) is 0 Å². The summed E-state index contributed by atoms with van der Waals surface area (Å²) >= 11 is 0. The molecule has 0 aromatic carbocycles. The Hall–Kier alpha value is -1.34. The Balaban J connectivity index is 1.85. The Morgan fingerprint density at radius 2 is 2.14 bits per heavy atom. The average molecular weight is 401 g/mol. The van der Waals surface area contributed by atoms with Gasteiger partial charge < -0.3 is 15.2 Å². The van der Waals surface area contributed by atoms with Gasteiger partial charge in [-0.2, -0.15) is 13.2 Å². The highest BCUT2D eigenvalue weighted by molar-refractivity contribution is 5.91. The van der Waals surface area contributed by atoms with E-state index in [1.54, 1.807) is 6.08 Å². The first-order valence-corrected chi connectivity index (χ1v) is 10.1. The summed E-state index contributed by atoms with van der Waals surface area (Å²) in [6, 6.07) is -0.726. The van der Waals surface area contributed by atoms with Gasteiger partial charge in [0.15, 0.2) is 0 Å². The van der Waals surface area contributed by atoms with E-state index in [1.807, 2.05) is 0 Å². The predicted molar refractivity (Wildman–Crippen MR) is 99.4 cm³/mol. The minimum atomic E-state index is -4.36. The van der Waals surface area contributed by atoms with Gasteiger partial charge >= 0.3 is 12.1 Å². The van der Waals surface area contributed by atoms with E-state index in [4.69, 9.17) is 4.74 Å². The highest BCUT2D eigenvalue weighted by Gasteiger charge is 2.52. The van der Waals surface area contributed by atoms with E-state index in [9.17, 15) is 23.1 Å². The molecule has 0 bridgehead atoms. The summed E-state index contributed by atoms with van der Waals surface area (Å²) < 4.78 is 43.5. The number of ether oxygens (including phenoxy) is 1. The molecule has 1 heterocycles. The summed E-state index contributed by atoms with van der Waals surface area (Å²) in [6.45, 7) is 7.43. The third kappa shape index (κ3) is 4.15. The van der Waals surface area contributed by atoms with Gasteiger partial charge in [-0.1, -0.05) is 26.0 Å². The van der Waals surface area contributed by atoms with Crippen LogP contribution in [0.25, 0.3) is 0 Å². The second-order valence-electron chi connectivity index (χ2n) is 8.87. The lowest BCUT2D eigenvalue weighted by atomic mass is 9.50. The largest absolute Gasteiger partial charge is 0.458 e. The zero-order chi connectivity index (χ0) is 20.7. The molecule has 1 aliphatic heterocycles. The van der Waals surface area contributed by atoms with Crippen molar-refractivity contribution in [2.45, 2.75) is 64.3 Å². The van der Waals surface area contributed by atoms with E-state index in [0.29, 0.717) is 18.8 Å². The Kier molecular flexibility index (Phi) is 5.97. The van der Waals surface area contributed by atoms with Crippen molar-refractivity contribution in [2.75, 3.05) is 13.2 Å². The Morgan fingerprint density at radius 3 is 2.75 bits per heavy atom. The van der Waals surface area contributed by atoms with Gasteiger partial charge in [0, 0.05) is 6.04 Å². The molecule has 0 radical (unpaired) electrons. The number of fused-ring (bicyclic) bond motifs is 1. The van der Waals surface area contributed by atoms with Crippen LogP contribution in [0, 0.1) is 23.2 Å². The summed E-state index contributed by atoms with van der Waals surface area (Å²) in [5.41, 5.74) is 1.18. The van der Waals surface area contributed by atoms with E-state index in [0.717, 1.165) is 24.8 Å². The third-order valence-corrected chi connectivity index (χ3v) is 7.28. The van der Waals surface area contributed by atoms with Gasteiger partial charge in [0.25, 0.3) is 0 Å². The van der Waals surface area contributed by atoms with Crippen LogP contribution in [0.3, 0.4) is 0 Å². The summed E-state index contributed by atoms with van der Waals surface area (Å²) in [5.74, 6) is -0.123. The first-order valence-electron chi connectivity index (χ1n) is 10.1. The van der Waals surface area contributed by atoms with Crippen molar-refractivity contribution in [3.05, 3.63) is 23.8 Å². The third-order valence-electron chi connectivity index (χ3n) is 7.28. The maximum absolute atomic E-state index is 12.9. The van der Waals surface area contributed by atoms with E-state index in [-0.39, 0.29) is 35.5 Å². The summed E-state index contributed by atoms with van der Waals surface area (Å²) in [6.07, 6.45) is 0.497. The first-order chi connectivity index (χ1) is 13.0. The lowest BCUT2D eigenvalue weighted by molar-refractivity contribution is -0.137. The molecule has 3 rings (SSSR count). The molecular formula is C21H30F3NO3. The van der Waals surface area contributed by atoms with Crippen molar-refractivity contribution in [3.8, 4) is 0 Å². The molecule has 0 spiro atoms. The molecule has 6 atom stereocenters. The molecule has 2 N–H and O–H groups in total. The van der Waals surface area contributed by atoms with Gasteiger partial charge in [-0.05, 0) is 61.3 Å². The second kappa shape index (κ2) is 7.82. The highest BCUT2D eigenvalue weighted by Crippen LogP contribution is 2.58. The fraction of sp³-hybridized carbons (Fsp3) is 0.762. The summed E-state index contributed by atoms with van der Waals surface area (Å²) in [5, 5.41) is 12.9. The van der Waals surface area contributed by atoms with Gasteiger partial charge in [0.1, 0.15) is 6.61 Å². The molecule has 28 heavy (non-hydrogen) atoms. The number of aliphatic hydroxyl groups is 1. The van der Waals surface area contributed by atoms with Gasteiger partial charge in [-0.25, -0.2) is 4.79 Å². The van der Waals surface area contributed by atoms with Crippen molar-refractivity contribution in [1.82, 2.24) is 5.32 Å². The molecule has 2 saturated carbocycles. The number of carbonyl (C=O) groups is 1. The number of carbonyl (C=O) groups excluding carboxylic acids is 1. The van der Waals surface area contributed by atoms with E-state index in [1.165, 1.54) is 0 Å². The van der Waals surface area contributed by atoms with Gasteiger partial charge in [0.2, 0.25) is 0 Å². The van der Waals surface area contributed by atoms with E-state index < -0.39 is 24.7 Å². The van der Waals surface area contributed by atoms with Crippen LogP contribution in [0.15, 0.2) is 23.8 Å². The Bertz CT molecular complexity index is 660. The number of esters is 1. The molecule has 158 valence electrons. The molecule has 0 amide bonds. The number of cyclic esters (lactones) is 1. The maximum Gasteiger partial charge on any atom is 0.401 e. The Morgan fingerprint density at radius 1 is 1.43 bits per heavy atom. The molecule has 7 heteroatoms. The molecule has 0 aromatic rings. The number of halogens is 3. The van der Waals surface area contributed by atoms with Crippen molar-refractivity contribution in [1.29, 1.82) is 0 Å². The van der Waals surface area contributed by atoms with E-state index in [2.05, 4.69) is 25.7 Å². The number of aliphatic hydroxyl groups excluding tert-OH is 1. The smallest absolute Gasteiger partial charge is 0.401 e. The number of hydrogen-bond donors (Lipinski definition) is 2. The van der Waals surface area contributed by atoms with Crippen LogP contribution in [-0.4, -0.2) is 42.5 Å². The lowest BCUT2D eigenvalue weighted by Crippen LogP contribution is -2.51. The molecule has 2 aliphatic carbocycles. The normalized spacial score (nSPS) is 37.3. The zero-order valence-electron chi connectivity index (χ0n) is 16.5. The molecule has 3 aliphatic rings. The fourth-order valence-corrected chi connectivity index (χ4v) is 5.67. The highest BCUT2D eigenvalue weighted by atomic mass is 19.4. The minimum Gasteiger partial charge on any atom is -0.458 e. The standard InChI is InChI=1S/C21H30F3NO3/c1-12-4-5-15-13(2)18(26)6-8-20(15,3)16(12)10-17(25-11-21(22,23)24)14-7-9-28-19(14)27/h7,13,15-18,25-26H,1,4-6,8-11H2,2-3H3/t13-,15?,16?,17?,18?,20+/m1/s1. The number of alkyl halides is 3. The van der Waals surface area contributed by atoms with Crippen LogP contribution in [-0.2, 0) is 9.53 Å². The van der Waals surface area contributed by atoms with Crippen LogP contribution in [0.2, 0.25) is 0 Å².